The van der Waals surface area contributed by atoms with Gasteiger partial charge < -0.3 is 10.1 Å². The molecule has 0 radical (unpaired) electrons. The molecule has 0 atom stereocenters. The van der Waals surface area contributed by atoms with Gasteiger partial charge in [0.05, 0.1) is 29.8 Å². The molecule has 28 heavy (non-hydrogen) atoms. The summed E-state index contributed by atoms with van der Waals surface area (Å²) in [6, 6.07) is 18.2. The zero-order valence-electron chi connectivity index (χ0n) is 16.0. The molecule has 4 nitrogen and oxygen atoms in total. The Morgan fingerprint density at radius 2 is 1.89 bits per heavy atom. The van der Waals surface area contributed by atoms with Gasteiger partial charge in [0.1, 0.15) is 10.8 Å². The van der Waals surface area contributed by atoms with E-state index in [0.717, 1.165) is 41.3 Å². The van der Waals surface area contributed by atoms with E-state index in [1.165, 1.54) is 5.56 Å². The number of aromatic nitrogens is 1. The predicted octanol–water partition coefficient (Wildman–Crippen LogP) is 4.95. The minimum Gasteiger partial charge on any atom is -0.493 e. The van der Waals surface area contributed by atoms with Gasteiger partial charge >= 0.3 is 0 Å². The molecular weight excluding hydrogens is 368 g/mol. The zero-order chi connectivity index (χ0) is 19.4. The first-order valence-corrected chi connectivity index (χ1v) is 10.6. The van der Waals surface area contributed by atoms with Gasteiger partial charge in [-0.05, 0) is 43.9 Å². The Balaban J connectivity index is 1.46. The molecule has 1 fully saturated rings. The van der Waals surface area contributed by atoms with Gasteiger partial charge in [0.25, 0.3) is 0 Å². The molecule has 1 heterocycles. The van der Waals surface area contributed by atoms with Crippen molar-refractivity contribution in [3.05, 3.63) is 71.2 Å². The van der Waals surface area contributed by atoms with Crippen molar-refractivity contribution in [2.75, 3.05) is 6.61 Å². The van der Waals surface area contributed by atoms with Crippen LogP contribution >= 0.6 is 11.3 Å². The highest BCUT2D eigenvalue weighted by molar-refractivity contribution is 7.13. The molecule has 0 unspecified atom stereocenters. The summed E-state index contributed by atoms with van der Waals surface area (Å²) in [5.74, 6) is 0.853. The summed E-state index contributed by atoms with van der Waals surface area (Å²) < 4.78 is 5.71. The van der Waals surface area contributed by atoms with Crippen LogP contribution in [0, 0.1) is 0 Å². The van der Waals surface area contributed by atoms with Crippen LogP contribution in [-0.2, 0) is 16.8 Å². The third-order valence-corrected chi connectivity index (χ3v) is 6.15. The highest BCUT2D eigenvalue weighted by Gasteiger charge is 2.39. The Hall–Kier alpha value is -2.66. The first-order chi connectivity index (χ1) is 13.7. The standard InChI is InChI=1S/C23H24N2O2S/c1-2-27-20-12-7-6-11-19(20)22-24-18(16-28-22)15-21(26)25-23(13-8-14-23)17-9-4-3-5-10-17/h3-7,9-12,16H,2,8,13-15H2,1H3,(H,25,26). The lowest BCUT2D eigenvalue weighted by molar-refractivity contribution is -0.123. The number of amides is 1. The molecule has 5 heteroatoms. The number of carbonyl (C=O) groups is 1. The van der Waals surface area contributed by atoms with Gasteiger partial charge in [-0.25, -0.2) is 4.98 Å². The third kappa shape index (κ3) is 3.80. The lowest BCUT2D eigenvalue weighted by Crippen LogP contribution is -2.51. The highest BCUT2D eigenvalue weighted by Crippen LogP contribution is 2.41. The summed E-state index contributed by atoms with van der Waals surface area (Å²) in [7, 11) is 0. The summed E-state index contributed by atoms with van der Waals surface area (Å²) in [6.07, 6.45) is 3.42. The summed E-state index contributed by atoms with van der Waals surface area (Å²) >= 11 is 1.55. The van der Waals surface area contributed by atoms with Crippen LogP contribution < -0.4 is 10.1 Å². The molecule has 0 bridgehead atoms. The Labute approximate surface area is 169 Å². The number of hydrogen-bond acceptors (Lipinski definition) is 4. The van der Waals surface area contributed by atoms with Crippen molar-refractivity contribution >= 4 is 17.2 Å². The number of benzene rings is 2. The normalized spacial score (nSPS) is 14.9. The molecular formula is C23H24N2O2S. The van der Waals surface area contributed by atoms with Crippen LogP contribution in [-0.4, -0.2) is 17.5 Å². The number of rotatable bonds is 7. The smallest absolute Gasteiger partial charge is 0.226 e. The molecule has 0 aliphatic heterocycles. The number of nitrogens with one attached hydrogen (secondary N) is 1. The van der Waals surface area contributed by atoms with Gasteiger partial charge in [0.2, 0.25) is 5.91 Å². The van der Waals surface area contributed by atoms with E-state index in [-0.39, 0.29) is 11.4 Å². The minimum absolute atomic E-state index is 0.0264. The van der Waals surface area contributed by atoms with E-state index >= 15 is 0 Å². The lowest BCUT2D eigenvalue weighted by atomic mass is 9.71. The number of ether oxygens (including phenoxy) is 1. The number of carbonyl (C=O) groups excluding carboxylic acids is 1. The molecule has 1 amide bonds. The molecule has 4 rings (SSSR count). The van der Waals surface area contributed by atoms with E-state index in [1.54, 1.807) is 11.3 Å². The van der Waals surface area contributed by atoms with Crippen molar-refractivity contribution < 1.29 is 9.53 Å². The van der Waals surface area contributed by atoms with Gasteiger partial charge in [-0.15, -0.1) is 11.3 Å². The van der Waals surface area contributed by atoms with Crippen molar-refractivity contribution in [1.82, 2.24) is 10.3 Å². The lowest BCUT2D eigenvalue weighted by Gasteiger charge is -2.43. The molecule has 0 spiro atoms. The second-order valence-electron chi connectivity index (χ2n) is 7.10. The molecule has 2 aromatic carbocycles. The number of thiazole rings is 1. The third-order valence-electron chi connectivity index (χ3n) is 5.22. The topological polar surface area (TPSA) is 51.2 Å². The van der Waals surface area contributed by atoms with Crippen LogP contribution in [0.1, 0.15) is 37.4 Å². The van der Waals surface area contributed by atoms with E-state index < -0.39 is 0 Å². The number of hydrogen-bond donors (Lipinski definition) is 1. The van der Waals surface area contributed by atoms with Gasteiger partial charge in [-0.1, -0.05) is 42.5 Å². The SMILES string of the molecule is CCOc1ccccc1-c1nc(CC(=O)NC2(c3ccccc3)CCC2)cs1. The highest BCUT2D eigenvalue weighted by atomic mass is 32.1. The molecule has 1 aromatic heterocycles. The quantitative estimate of drug-likeness (QED) is 0.619. The molecule has 0 saturated heterocycles. The van der Waals surface area contributed by atoms with Gasteiger partial charge in [-0.3, -0.25) is 4.79 Å². The summed E-state index contributed by atoms with van der Waals surface area (Å²) in [6.45, 7) is 2.58. The molecule has 1 aliphatic carbocycles. The fraction of sp³-hybridized carbons (Fsp3) is 0.304. The average Bonchev–Trinajstić information content (AvgIpc) is 3.14. The van der Waals surface area contributed by atoms with Crippen molar-refractivity contribution in [2.24, 2.45) is 0 Å². The Morgan fingerprint density at radius 1 is 1.14 bits per heavy atom. The zero-order valence-corrected chi connectivity index (χ0v) is 16.8. The summed E-state index contributed by atoms with van der Waals surface area (Å²) in [4.78, 5) is 17.4. The molecule has 1 aliphatic rings. The van der Waals surface area contributed by atoms with Crippen LogP contribution in [0.25, 0.3) is 10.6 Å². The monoisotopic (exact) mass is 392 g/mol. The first kappa shape index (κ1) is 18.7. The number of nitrogens with zero attached hydrogens (tertiary/aromatic N) is 1. The van der Waals surface area contributed by atoms with E-state index in [4.69, 9.17) is 4.74 Å². The maximum atomic E-state index is 12.7. The Morgan fingerprint density at radius 3 is 2.61 bits per heavy atom. The predicted molar refractivity (Wildman–Crippen MR) is 113 cm³/mol. The molecule has 1 N–H and O–H groups in total. The van der Waals surface area contributed by atoms with E-state index in [1.807, 2.05) is 54.8 Å². The van der Waals surface area contributed by atoms with Crippen molar-refractivity contribution in [1.29, 1.82) is 0 Å². The van der Waals surface area contributed by atoms with E-state index in [2.05, 4.69) is 22.4 Å². The van der Waals surface area contributed by atoms with E-state index in [0.29, 0.717) is 13.0 Å². The largest absolute Gasteiger partial charge is 0.493 e. The summed E-state index contributed by atoms with van der Waals surface area (Å²) in [5.41, 5.74) is 2.75. The fourth-order valence-corrected chi connectivity index (χ4v) is 4.53. The van der Waals surface area contributed by atoms with Crippen LogP contribution in [0.2, 0.25) is 0 Å². The second-order valence-corrected chi connectivity index (χ2v) is 7.96. The first-order valence-electron chi connectivity index (χ1n) is 9.73. The Kier molecular flexibility index (Phi) is 5.44. The minimum atomic E-state index is -0.210. The van der Waals surface area contributed by atoms with Gasteiger partial charge in [0.15, 0.2) is 0 Å². The molecule has 144 valence electrons. The van der Waals surface area contributed by atoms with Crippen LogP contribution in [0.5, 0.6) is 5.75 Å². The number of para-hydroxylation sites is 1. The van der Waals surface area contributed by atoms with Crippen LogP contribution in [0.4, 0.5) is 0 Å². The second kappa shape index (κ2) is 8.15. The Bertz CT molecular complexity index is 948. The molecule has 3 aromatic rings. The van der Waals surface area contributed by atoms with Crippen molar-refractivity contribution in [3.8, 4) is 16.3 Å². The van der Waals surface area contributed by atoms with Crippen LogP contribution in [0.3, 0.4) is 0 Å². The maximum Gasteiger partial charge on any atom is 0.226 e. The van der Waals surface area contributed by atoms with Crippen molar-refractivity contribution in [2.45, 2.75) is 38.1 Å². The van der Waals surface area contributed by atoms with Crippen molar-refractivity contribution in [3.63, 3.8) is 0 Å². The average molecular weight is 393 g/mol. The van der Waals surface area contributed by atoms with Gasteiger partial charge in [0, 0.05) is 5.38 Å². The van der Waals surface area contributed by atoms with Crippen LogP contribution in [0.15, 0.2) is 60.0 Å². The van der Waals surface area contributed by atoms with E-state index in [9.17, 15) is 4.79 Å². The fourth-order valence-electron chi connectivity index (χ4n) is 3.69. The van der Waals surface area contributed by atoms with Gasteiger partial charge in [-0.2, -0.15) is 0 Å². The maximum absolute atomic E-state index is 12.7. The molecule has 1 saturated carbocycles. The summed E-state index contributed by atoms with van der Waals surface area (Å²) in [5, 5.41) is 6.12.